The number of carboxylic acids is 1. The first-order chi connectivity index (χ1) is 27.6. The summed E-state index contributed by atoms with van der Waals surface area (Å²) in [5.41, 5.74) is 0. The molecule has 0 heterocycles. The van der Waals surface area contributed by atoms with Crippen molar-refractivity contribution < 1.29 is 38.2 Å². The number of unbranched alkanes of at least 4 members (excludes halogenated alkanes) is 22. The van der Waals surface area contributed by atoms with Crippen LogP contribution in [0.4, 0.5) is 0 Å². The quantitative estimate of drug-likeness (QED) is 0.0284. The molecule has 0 saturated heterocycles. The number of hydrogen-bond acceptors (Lipinski definition) is 6. The average Bonchev–Trinajstić information content (AvgIpc) is 3.17. The summed E-state index contributed by atoms with van der Waals surface area (Å²) in [4.78, 5) is 37.0. The van der Waals surface area contributed by atoms with E-state index in [1.165, 1.54) is 116 Å². The number of rotatable bonds is 42. The fraction of sp³-hybridized carbons (Fsp3) is 0.816. The van der Waals surface area contributed by atoms with Crippen molar-refractivity contribution in [2.75, 3.05) is 41.0 Å². The Kier molecular flexibility index (Phi) is 38.6. The Hall–Kier alpha value is -2.45. The summed E-state index contributed by atoms with van der Waals surface area (Å²) in [7, 11) is 5.53. The molecular weight excluding hydrogens is 715 g/mol. The number of quaternary nitrogens is 1. The second kappa shape index (κ2) is 40.3. The number of carbonyl (C=O) groups excluding carboxylic acids is 2. The third-order valence-electron chi connectivity index (χ3n) is 10.5. The van der Waals surface area contributed by atoms with Crippen molar-refractivity contribution in [3.8, 4) is 0 Å². The minimum absolute atomic E-state index is 0.0558. The lowest BCUT2D eigenvalue weighted by molar-refractivity contribution is -0.887. The van der Waals surface area contributed by atoms with E-state index >= 15 is 0 Å². The number of likely N-dealkylation sites (N-methyl/N-ethyl adjacent to an activating group) is 1. The summed E-state index contributed by atoms with van der Waals surface area (Å²) >= 11 is 0. The van der Waals surface area contributed by atoms with Gasteiger partial charge < -0.3 is 23.8 Å². The van der Waals surface area contributed by atoms with Gasteiger partial charge >= 0.3 is 17.9 Å². The summed E-state index contributed by atoms with van der Waals surface area (Å²) in [6.07, 6.45) is 46.1. The molecule has 2 unspecified atom stereocenters. The molecule has 0 aromatic heterocycles. The van der Waals surface area contributed by atoms with E-state index in [0.29, 0.717) is 19.3 Å². The van der Waals surface area contributed by atoms with Crippen molar-refractivity contribution in [3.05, 3.63) is 36.5 Å². The zero-order valence-electron chi connectivity index (χ0n) is 37.8. The van der Waals surface area contributed by atoms with Gasteiger partial charge in [0.25, 0.3) is 0 Å². The van der Waals surface area contributed by atoms with Crippen LogP contribution < -0.4 is 0 Å². The van der Waals surface area contributed by atoms with Gasteiger partial charge in [-0.1, -0.05) is 153 Å². The summed E-state index contributed by atoms with van der Waals surface area (Å²) in [5, 5.41) is 9.62. The number of aliphatic carboxylic acids is 1. The van der Waals surface area contributed by atoms with E-state index < -0.39 is 18.1 Å². The molecular formula is C49H90NO7+. The smallest absolute Gasteiger partial charge is 0.362 e. The van der Waals surface area contributed by atoms with Crippen molar-refractivity contribution in [2.45, 2.75) is 219 Å². The lowest BCUT2D eigenvalue weighted by Crippen LogP contribution is -2.50. The SMILES string of the molecule is CCCCC/C=C\CCCCCCCC(=O)OCC(COCCC(C(=O)O)[N+](C)(C)C)OC(=O)CCCCCCCCCCC/C=C\C/C=C\CCCCCCC. The highest BCUT2D eigenvalue weighted by Gasteiger charge is 2.31. The van der Waals surface area contributed by atoms with Crippen LogP contribution in [-0.4, -0.2) is 80.6 Å². The number of esters is 2. The molecule has 0 rings (SSSR count). The minimum atomic E-state index is -0.876. The lowest BCUT2D eigenvalue weighted by Gasteiger charge is -2.31. The van der Waals surface area contributed by atoms with Gasteiger partial charge in [0.2, 0.25) is 0 Å². The van der Waals surface area contributed by atoms with E-state index in [1.54, 1.807) is 0 Å². The molecule has 8 heteroatoms. The van der Waals surface area contributed by atoms with Crippen LogP contribution in [0.15, 0.2) is 36.5 Å². The topological polar surface area (TPSA) is 99.1 Å². The van der Waals surface area contributed by atoms with Gasteiger partial charge in [0, 0.05) is 19.3 Å². The Labute approximate surface area is 351 Å². The van der Waals surface area contributed by atoms with Crippen LogP contribution in [0.3, 0.4) is 0 Å². The molecule has 0 spiro atoms. The first-order valence-electron chi connectivity index (χ1n) is 23.5. The van der Waals surface area contributed by atoms with E-state index in [2.05, 4.69) is 50.3 Å². The van der Waals surface area contributed by atoms with Gasteiger partial charge in [-0.05, 0) is 70.6 Å². The maximum atomic E-state index is 12.7. The van der Waals surface area contributed by atoms with Crippen LogP contribution in [0, 0.1) is 0 Å². The summed E-state index contributed by atoms with van der Waals surface area (Å²) in [5.74, 6) is -1.48. The fourth-order valence-electron chi connectivity index (χ4n) is 6.82. The van der Waals surface area contributed by atoms with Gasteiger partial charge in [0.1, 0.15) is 6.61 Å². The second-order valence-electron chi connectivity index (χ2n) is 17.0. The molecule has 57 heavy (non-hydrogen) atoms. The monoisotopic (exact) mass is 805 g/mol. The zero-order chi connectivity index (χ0) is 42.1. The summed E-state index contributed by atoms with van der Waals surface area (Å²) in [6.45, 7) is 4.70. The van der Waals surface area contributed by atoms with Gasteiger partial charge in [-0.15, -0.1) is 0 Å². The van der Waals surface area contributed by atoms with Crippen molar-refractivity contribution in [1.82, 2.24) is 0 Å². The molecule has 0 aromatic rings. The Balaban J connectivity index is 4.27. The largest absolute Gasteiger partial charge is 0.477 e. The van der Waals surface area contributed by atoms with Crippen LogP contribution in [0.25, 0.3) is 0 Å². The van der Waals surface area contributed by atoms with Gasteiger partial charge in [-0.2, -0.15) is 0 Å². The summed E-state index contributed by atoms with van der Waals surface area (Å²) in [6, 6.07) is -0.615. The second-order valence-corrected chi connectivity index (χ2v) is 17.0. The number of nitrogens with zero attached hydrogens (tertiary/aromatic N) is 1. The van der Waals surface area contributed by atoms with E-state index in [9.17, 15) is 19.5 Å². The standard InChI is InChI=1S/C49H89NO7/c1-6-8-10-12-14-16-18-20-21-22-23-24-25-26-27-28-30-32-34-36-38-40-48(52)57-45(43-55-42-41-46(49(53)54)50(3,4)5)44-56-47(51)39-37-35-33-31-29-19-17-15-13-11-9-7-2/h15,17-18,20,22-23,45-46H,6-14,16,19,21,24-44H2,1-5H3/p+1/b17-15-,20-18-,23-22-. The third-order valence-corrected chi connectivity index (χ3v) is 10.5. The lowest BCUT2D eigenvalue weighted by atomic mass is 10.1. The Morgan fingerprint density at radius 2 is 0.930 bits per heavy atom. The molecule has 0 amide bonds. The molecule has 0 bridgehead atoms. The van der Waals surface area contributed by atoms with Gasteiger partial charge in [-0.25, -0.2) is 4.79 Å². The van der Waals surface area contributed by atoms with Gasteiger partial charge in [-0.3, -0.25) is 9.59 Å². The Bertz CT molecular complexity index is 1030. The number of carbonyl (C=O) groups is 3. The molecule has 332 valence electrons. The molecule has 0 aliphatic rings. The highest BCUT2D eigenvalue weighted by atomic mass is 16.6. The molecule has 0 aliphatic heterocycles. The van der Waals surface area contributed by atoms with E-state index in [4.69, 9.17) is 14.2 Å². The third kappa shape index (κ3) is 38.8. The Morgan fingerprint density at radius 1 is 0.526 bits per heavy atom. The first kappa shape index (κ1) is 54.6. The minimum Gasteiger partial charge on any atom is -0.477 e. The van der Waals surface area contributed by atoms with Gasteiger partial charge in [0.05, 0.1) is 34.4 Å². The predicted octanol–water partition coefficient (Wildman–Crippen LogP) is 13.0. The molecule has 8 nitrogen and oxygen atoms in total. The molecule has 0 radical (unpaired) electrons. The maximum absolute atomic E-state index is 12.7. The molecule has 1 N–H and O–H groups in total. The van der Waals surface area contributed by atoms with Crippen LogP contribution >= 0.6 is 0 Å². The summed E-state index contributed by atoms with van der Waals surface area (Å²) < 4.78 is 17.3. The maximum Gasteiger partial charge on any atom is 0.362 e. The fourth-order valence-corrected chi connectivity index (χ4v) is 6.82. The highest BCUT2D eigenvalue weighted by Crippen LogP contribution is 2.14. The number of carboxylic acid groups (broad SMARTS) is 1. The highest BCUT2D eigenvalue weighted by molar-refractivity contribution is 5.72. The molecule has 0 aliphatic carbocycles. The molecule has 0 fully saturated rings. The van der Waals surface area contributed by atoms with E-state index in [1.807, 2.05) is 21.1 Å². The zero-order valence-corrected chi connectivity index (χ0v) is 37.8. The molecule has 2 atom stereocenters. The number of ether oxygens (including phenoxy) is 3. The number of allylic oxidation sites excluding steroid dienone is 6. The van der Waals surface area contributed by atoms with Crippen molar-refractivity contribution in [2.24, 2.45) is 0 Å². The predicted molar refractivity (Wildman–Crippen MR) is 238 cm³/mol. The van der Waals surface area contributed by atoms with Crippen molar-refractivity contribution in [1.29, 1.82) is 0 Å². The van der Waals surface area contributed by atoms with Crippen LogP contribution in [-0.2, 0) is 28.6 Å². The van der Waals surface area contributed by atoms with Crippen LogP contribution in [0.2, 0.25) is 0 Å². The van der Waals surface area contributed by atoms with Crippen molar-refractivity contribution in [3.63, 3.8) is 0 Å². The average molecular weight is 805 g/mol. The first-order valence-corrected chi connectivity index (χ1v) is 23.5. The van der Waals surface area contributed by atoms with Crippen molar-refractivity contribution >= 4 is 17.9 Å². The molecule has 0 saturated carbocycles. The van der Waals surface area contributed by atoms with Crippen LogP contribution in [0.1, 0.15) is 206 Å². The molecule has 0 aromatic carbocycles. The Morgan fingerprint density at radius 3 is 1.40 bits per heavy atom. The normalized spacial score (nSPS) is 13.2. The van der Waals surface area contributed by atoms with Gasteiger partial charge in [0.15, 0.2) is 12.1 Å². The van der Waals surface area contributed by atoms with E-state index in [0.717, 1.165) is 57.8 Å². The van der Waals surface area contributed by atoms with E-state index in [-0.39, 0.29) is 36.2 Å². The number of hydrogen-bond donors (Lipinski definition) is 1. The van der Waals surface area contributed by atoms with Crippen LogP contribution in [0.5, 0.6) is 0 Å².